The topological polar surface area (TPSA) is 47.7 Å². The maximum Gasteiger partial charge on any atom is 0.0662 e. The van der Waals surface area contributed by atoms with Gasteiger partial charge in [-0.15, -0.1) is 0 Å². The van der Waals surface area contributed by atoms with Crippen LogP contribution in [0.4, 0.5) is 0 Å². The van der Waals surface area contributed by atoms with Gasteiger partial charge in [-0.2, -0.15) is 0 Å². The Morgan fingerprint density at radius 1 is 1.30 bits per heavy atom. The standard InChI is InChI=1S/C16H32N2O2/c1-5-20-14-10-16(17,15(14,2)3)12-18(4)8-9-19-11-13-6-7-13/h13-14H,5-12,17H2,1-4H3. The van der Waals surface area contributed by atoms with E-state index < -0.39 is 0 Å². The van der Waals surface area contributed by atoms with Crippen LogP contribution < -0.4 is 5.73 Å². The van der Waals surface area contributed by atoms with Gasteiger partial charge in [0, 0.05) is 37.3 Å². The molecule has 2 unspecified atom stereocenters. The summed E-state index contributed by atoms with van der Waals surface area (Å²) in [6, 6.07) is 0. The molecule has 118 valence electrons. The van der Waals surface area contributed by atoms with Crippen LogP contribution in [0, 0.1) is 11.3 Å². The first-order valence-electron chi connectivity index (χ1n) is 8.06. The van der Waals surface area contributed by atoms with Gasteiger partial charge >= 0.3 is 0 Å². The molecule has 2 rings (SSSR count). The first-order valence-corrected chi connectivity index (χ1v) is 8.06. The fourth-order valence-electron chi connectivity index (χ4n) is 3.09. The van der Waals surface area contributed by atoms with Crippen molar-refractivity contribution in [3.05, 3.63) is 0 Å². The fourth-order valence-corrected chi connectivity index (χ4v) is 3.09. The molecule has 0 aromatic heterocycles. The molecule has 0 aromatic carbocycles. The quantitative estimate of drug-likeness (QED) is 0.657. The van der Waals surface area contributed by atoms with Gasteiger partial charge in [0.1, 0.15) is 0 Å². The lowest BCUT2D eigenvalue weighted by Crippen LogP contribution is -2.73. The summed E-state index contributed by atoms with van der Waals surface area (Å²) >= 11 is 0. The van der Waals surface area contributed by atoms with Crippen molar-refractivity contribution >= 4 is 0 Å². The summed E-state index contributed by atoms with van der Waals surface area (Å²) < 4.78 is 11.5. The Bertz CT molecular complexity index is 318. The van der Waals surface area contributed by atoms with Crippen molar-refractivity contribution in [2.24, 2.45) is 17.1 Å². The van der Waals surface area contributed by atoms with Crippen LogP contribution in [-0.4, -0.2) is 56.5 Å². The van der Waals surface area contributed by atoms with Gasteiger partial charge in [0.25, 0.3) is 0 Å². The minimum absolute atomic E-state index is 0.0478. The van der Waals surface area contributed by atoms with Crippen molar-refractivity contribution in [3.8, 4) is 0 Å². The molecule has 0 heterocycles. The van der Waals surface area contributed by atoms with Crippen molar-refractivity contribution in [2.75, 3.05) is 40.0 Å². The molecule has 2 atom stereocenters. The van der Waals surface area contributed by atoms with Crippen LogP contribution in [0.1, 0.15) is 40.0 Å². The van der Waals surface area contributed by atoms with Crippen LogP contribution in [-0.2, 0) is 9.47 Å². The number of ether oxygens (including phenoxy) is 2. The first kappa shape index (κ1) is 16.2. The Morgan fingerprint density at radius 2 is 2.00 bits per heavy atom. The van der Waals surface area contributed by atoms with Crippen molar-refractivity contribution in [3.63, 3.8) is 0 Å². The Balaban J connectivity index is 1.68. The van der Waals surface area contributed by atoms with E-state index in [0.29, 0.717) is 6.10 Å². The van der Waals surface area contributed by atoms with Crippen molar-refractivity contribution in [2.45, 2.75) is 51.7 Å². The van der Waals surface area contributed by atoms with Crippen molar-refractivity contribution < 1.29 is 9.47 Å². The third-order valence-corrected chi connectivity index (χ3v) is 5.23. The van der Waals surface area contributed by atoms with E-state index in [1.54, 1.807) is 0 Å². The van der Waals surface area contributed by atoms with E-state index in [4.69, 9.17) is 15.2 Å². The lowest BCUT2D eigenvalue weighted by molar-refractivity contribution is -0.155. The highest BCUT2D eigenvalue weighted by molar-refractivity contribution is 5.14. The number of nitrogens with zero attached hydrogens (tertiary/aromatic N) is 1. The SMILES string of the molecule is CCOC1CC(N)(CN(C)CCOCC2CC2)C1(C)C. The van der Waals surface area contributed by atoms with Crippen molar-refractivity contribution in [1.82, 2.24) is 4.90 Å². The molecular weight excluding hydrogens is 252 g/mol. The predicted octanol–water partition coefficient (Wildman–Crippen LogP) is 1.88. The number of rotatable bonds is 9. The van der Waals surface area contributed by atoms with Crippen LogP contribution in [0.25, 0.3) is 0 Å². The zero-order valence-corrected chi connectivity index (χ0v) is 13.7. The average Bonchev–Trinajstić information content (AvgIpc) is 3.18. The van der Waals surface area contributed by atoms with Gasteiger partial charge in [0.15, 0.2) is 0 Å². The Hall–Kier alpha value is -0.160. The van der Waals surface area contributed by atoms with Crippen LogP contribution in [0.3, 0.4) is 0 Å². The second-order valence-corrected chi connectivity index (χ2v) is 7.28. The smallest absolute Gasteiger partial charge is 0.0662 e. The third-order valence-electron chi connectivity index (χ3n) is 5.23. The monoisotopic (exact) mass is 284 g/mol. The van der Waals surface area contributed by atoms with E-state index in [2.05, 4.69) is 32.7 Å². The first-order chi connectivity index (χ1) is 9.39. The van der Waals surface area contributed by atoms with E-state index in [1.165, 1.54) is 12.8 Å². The molecule has 0 aromatic rings. The molecule has 2 N–H and O–H groups in total. The van der Waals surface area contributed by atoms with Crippen LogP contribution in [0.2, 0.25) is 0 Å². The van der Waals surface area contributed by atoms with Crippen LogP contribution >= 0.6 is 0 Å². The molecule has 2 saturated carbocycles. The fraction of sp³-hybridized carbons (Fsp3) is 1.00. The zero-order chi connectivity index (χ0) is 14.8. The van der Waals surface area contributed by atoms with E-state index in [-0.39, 0.29) is 11.0 Å². The van der Waals surface area contributed by atoms with Crippen LogP contribution in [0.15, 0.2) is 0 Å². The molecule has 2 aliphatic rings. The maximum atomic E-state index is 6.60. The zero-order valence-electron chi connectivity index (χ0n) is 13.7. The molecule has 0 bridgehead atoms. The van der Waals surface area contributed by atoms with Crippen molar-refractivity contribution in [1.29, 1.82) is 0 Å². The minimum Gasteiger partial charge on any atom is -0.380 e. The molecule has 20 heavy (non-hydrogen) atoms. The number of likely N-dealkylation sites (N-methyl/N-ethyl adjacent to an activating group) is 1. The molecule has 0 aliphatic heterocycles. The van der Waals surface area contributed by atoms with E-state index in [0.717, 1.165) is 45.2 Å². The summed E-state index contributed by atoms with van der Waals surface area (Å²) in [6.07, 6.45) is 3.97. The van der Waals surface area contributed by atoms with E-state index in [9.17, 15) is 0 Å². The van der Waals surface area contributed by atoms with E-state index >= 15 is 0 Å². The van der Waals surface area contributed by atoms with Gasteiger partial charge < -0.3 is 20.1 Å². The summed E-state index contributed by atoms with van der Waals surface area (Å²) in [4.78, 5) is 2.30. The summed E-state index contributed by atoms with van der Waals surface area (Å²) in [6.45, 7) is 10.9. The number of hydrogen-bond acceptors (Lipinski definition) is 4. The largest absolute Gasteiger partial charge is 0.380 e. The second kappa shape index (κ2) is 6.30. The van der Waals surface area contributed by atoms with Gasteiger partial charge in [-0.25, -0.2) is 0 Å². The lowest BCUT2D eigenvalue weighted by atomic mass is 9.54. The molecule has 0 radical (unpaired) electrons. The Kier molecular flexibility index (Phi) is 5.11. The molecule has 2 aliphatic carbocycles. The number of hydrogen-bond donors (Lipinski definition) is 1. The van der Waals surface area contributed by atoms with Gasteiger partial charge in [-0.05, 0) is 39.2 Å². The second-order valence-electron chi connectivity index (χ2n) is 7.28. The van der Waals surface area contributed by atoms with Crippen LogP contribution in [0.5, 0.6) is 0 Å². The Morgan fingerprint density at radius 3 is 2.55 bits per heavy atom. The Labute approximate surface area is 124 Å². The van der Waals surface area contributed by atoms with Gasteiger partial charge in [0.05, 0.1) is 12.7 Å². The summed E-state index contributed by atoms with van der Waals surface area (Å²) in [7, 11) is 2.14. The van der Waals surface area contributed by atoms with Gasteiger partial charge in [-0.1, -0.05) is 13.8 Å². The molecule has 4 nitrogen and oxygen atoms in total. The molecule has 0 amide bonds. The lowest BCUT2D eigenvalue weighted by Gasteiger charge is -2.60. The molecule has 4 heteroatoms. The summed E-state index contributed by atoms with van der Waals surface area (Å²) in [5, 5.41) is 0. The minimum atomic E-state index is -0.141. The highest BCUT2D eigenvalue weighted by Gasteiger charge is 2.58. The summed E-state index contributed by atoms with van der Waals surface area (Å²) in [5.74, 6) is 0.846. The van der Waals surface area contributed by atoms with Gasteiger partial charge in [-0.3, -0.25) is 0 Å². The summed E-state index contributed by atoms with van der Waals surface area (Å²) in [5.41, 5.74) is 6.51. The number of nitrogens with two attached hydrogens (primary N) is 1. The average molecular weight is 284 g/mol. The van der Waals surface area contributed by atoms with Gasteiger partial charge in [0.2, 0.25) is 0 Å². The molecular formula is C16H32N2O2. The van der Waals surface area contributed by atoms with E-state index in [1.807, 2.05) is 0 Å². The molecule has 0 saturated heterocycles. The highest BCUT2D eigenvalue weighted by Crippen LogP contribution is 2.49. The predicted molar refractivity (Wildman–Crippen MR) is 81.8 cm³/mol. The molecule has 2 fully saturated rings. The molecule has 0 spiro atoms. The highest BCUT2D eigenvalue weighted by atomic mass is 16.5. The normalized spacial score (nSPS) is 32.4. The maximum absolute atomic E-state index is 6.60. The third kappa shape index (κ3) is 3.53.